The Bertz CT molecular complexity index is 1690. The summed E-state index contributed by atoms with van der Waals surface area (Å²) in [6.07, 6.45) is 3.02. The monoisotopic (exact) mass is 634 g/mol. The smallest absolute Gasteiger partial charge is 0.344 e. The molecule has 0 bridgehead atoms. The third-order valence-corrected chi connectivity index (χ3v) is 7.52. The number of carbonyl (C=O) groups is 2. The van der Waals surface area contributed by atoms with Crippen molar-refractivity contribution in [1.29, 1.82) is 0 Å². The maximum absolute atomic E-state index is 13.8. The second-order valence-corrected chi connectivity index (χ2v) is 10.5. The Labute approximate surface area is 255 Å². The van der Waals surface area contributed by atoms with Crippen LogP contribution < -0.4 is 29.1 Å². The van der Waals surface area contributed by atoms with Crippen LogP contribution in [-0.2, 0) is 19.1 Å². The molecule has 2 aromatic carbocycles. The highest BCUT2D eigenvalue weighted by Gasteiger charge is 2.31. The molecule has 0 spiro atoms. The van der Waals surface area contributed by atoms with Gasteiger partial charge in [0.05, 0.1) is 53.1 Å². The van der Waals surface area contributed by atoms with Crippen LogP contribution in [0.2, 0.25) is 10.0 Å². The molecule has 10 nitrogen and oxygen atoms in total. The van der Waals surface area contributed by atoms with Crippen LogP contribution in [0.25, 0.3) is 6.08 Å². The van der Waals surface area contributed by atoms with E-state index < -0.39 is 18.0 Å². The molecule has 0 N–H and O–H groups in total. The second-order valence-electron chi connectivity index (χ2n) is 8.66. The number of rotatable bonds is 11. The molecule has 1 aliphatic heterocycles. The summed E-state index contributed by atoms with van der Waals surface area (Å²) in [6.45, 7) is 6.09. The molecule has 0 aliphatic carbocycles. The van der Waals surface area contributed by atoms with Crippen LogP contribution in [0, 0.1) is 0 Å². The van der Waals surface area contributed by atoms with Crippen LogP contribution in [0.4, 0.5) is 0 Å². The summed E-state index contributed by atoms with van der Waals surface area (Å²) >= 11 is 13.9. The van der Waals surface area contributed by atoms with E-state index in [9.17, 15) is 14.4 Å². The van der Waals surface area contributed by atoms with Crippen molar-refractivity contribution in [1.82, 2.24) is 4.57 Å². The first kappa shape index (κ1) is 31.1. The van der Waals surface area contributed by atoms with Crippen molar-refractivity contribution < 1.29 is 33.3 Å². The number of methoxy groups -OCH3 is 1. The van der Waals surface area contributed by atoms with Gasteiger partial charge in [-0.05, 0) is 62.2 Å². The van der Waals surface area contributed by atoms with Gasteiger partial charge in [-0.1, -0.05) is 40.6 Å². The molecule has 2 heterocycles. The number of nitrogens with zero attached hydrogens (tertiary/aromatic N) is 2. The quantitative estimate of drug-likeness (QED) is 0.290. The van der Waals surface area contributed by atoms with Gasteiger partial charge < -0.3 is 23.7 Å². The van der Waals surface area contributed by atoms with E-state index in [0.29, 0.717) is 45.2 Å². The predicted octanol–water partition coefficient (Wildman–Crippen LogP) is 4.06. The van der Waals surface area contributed by atoms with E-state index in [1.807, 2.05) is 13.8 Å². The summed E-state index contributed by atoms with van der Waals surface area (Å²) in [7, 11) is 1.27. The van der Waals surface area contributed by atoms with Gasteiger partial charge in [0.1, 0.15) is 0 Å². The lowest BCUT2D eigenvalue weighted by Gasteiger charge is -2.23. The lowest BCUT2D eigenvalue weighted by atomic mass is 9.97. The fourth-order valence-electron chi connectivity index (χ4n) is 4.27. The van der Waals surface area contributed by atoms with Gasteiger partial charge in [-0.2, -0.15) is 0 Å². The molecule has 0 unspecified atom stereocenters. The lowest BCUT2D eigenvalue weighted by Crippen LogP contribution is -2.39. The second kappa shape index (κ2) is 13.9. The van der Waals surface area contributed by atoms with Gasteiger partial charge in [0.25, 0.3) is 5.56 Å². The third-order valence-electron chi connectivity index (χ3n) is 5.97. The van der Waals surface area contributed by atoms with Crippen LogP contribution >= 0.6 is 34.5 Å². The van der Waals surface area contributed by atoms with Crippen molar-refractivity contribution in [3.63, 3.8) is 0 Å². The zero-order valence-corrected chi connectivity index (χ0v) is 25.6. The Morgan fingerprint density at radius 1 is 1.00 bits per heavy atom. The summed E-state index contributed by atoms with van der Waals surface area (Å²) in [5.41, 5.74) is 0.912. The van der Waals surface area contributed by atoms with Gasteiger partial charge in [-0.15, -0.1) is 0 Å². The number of esters is 2. The van der Waals surface area contributed by atoms with Gasteiger partial charge in [-0.3, -0.25) is 9.36 Å². The van der Waals surface area contributed by atoms with Crippen molar-refractivity contribution in [3.05, 3.63) is 83.0 Å². The molecule has 13 heteroatoms. The summed E-state index contributed by atoms with van der Waals surface area (Å²) in [4.78, 5) is 43.0. The molecular formula is C29H28Cl2N2O8S. The molecule has 1 atom stereocenters. The number of hydrogen-bond acceptors (Lipinski definition) is 10. The largest absolute Gasteiger partial charge is 0.490 e. The molecule has 222 valence electrons. The van der Waals surface area contributed by atoms with Gasteiger partial charge in [0.2, 0.25) is 0 Å². The average molecular weight is 636 g/mol. The Morgan fingerprint density at radius 2 is 1.69 bits per heavy atom. The summed E-state index contributed by atoms with van der Waals surface area (Å²) in [5.74, 6) is -0.0379. The van der Waals surface area contributed by atoms with Crippen molar-refractivity contribution in [2.45, 2.75) is 26.8 Å². The molecule has 0 fully saturated rings. The molecule has 0 saturated heterocycles. The van der Waals surface area contributed by atoms with E-state index in [1.165, 1.54) is 17.9 Å². The van der Waals surface area contributed by atoms with E-state index in [1.54, 1.807) is 43.3 Å². The first-order chi connectivity index (χ1) is 20.2. The molecule has 0 radical (unpaired) electrons. The van der Waals surface area contributed by atoms with E-state index in [2.05, 4.69) is 4.99 Å². The minimum atomic E-state index is -0.837. The highest BCUT2D eigenvalue weighted by molar-refractivity contribution is 7.07. The highest BCUT2D eigenvalue weighted by Crippen LogP contribution is 2.36. The topological polar surface area (TPSA) is 115 Å². The molecule has 4 rings (SSSR count). The zero-order chi connectivity index (χ0) is 30.4. The van der Waals surface area contributed by atoms with Crippen LogP contribution in [0.1, 0.15) is 37.9 Å². The Hall–Kier alpha value is -3.80. The van der Waals surface area contributed by atoms with Crippen LogP contribution in [-0.4, -0.2) is 50.0 Å². The zero-order valence-electron chi connectivity index (χ0n) is 23.3. The van der Waals surface area contributed by atoms with Crippen molar-refractivity contribution in [3.8, 4) is 17.2 Å². The lowest BCUT2D eigenvalue weighted by molar-refractivity contribution is -0.145. The first-order valence-electron chi connectivity index (χ1n) is 13.0. The molecule has 0 saturated carbocycles. The van der Waals surface area contributed by atoms with Crippen LogP contribution in [0.3, 0.4) is 0 Å². The SMILES string of the molecule is CCOC(=O)COc1c(Cl)cc(/C=c2\sc3n(c2=O)[C@H](c2ccc(OCC)c(OCC)c2)C(C(=O)OC)=CN=3)cc1Cl. The molecule has 3 aromatic rings. The van der Waals surface area contributed by atoms with E-state index in [-0.39, 0.29) is 40.1 Å². The van der Waals surface area contributed by atoms with Crippen molar-refractivity contribution in [2.75, 3.05) is 33.5 Å². The maximum Gasteiger partial charge on any atom is 0.344 e. The van der Waals surface area contributed by atoms with Gasteiger partial charge >= 0.3 is 11.9 Å². The molecular weight excluding hydrogens is 607 g/mol. The number of ether oxygens (including phenoxy) is 5. The molecule has 0 amide bonds. The number of hydrogen-bond donors (Lipinski definition) is 0. The highest BCUT2D eigenvalue weighted by atomic mass is 35.5. The number of benzene rings is 2. The van der Waals surface area contributed by atoms with E-state index in [0.717, 1.165) is 11.3 Å². The fourth-order valence-corrected chi connectivity index (χ4v) is 5.86. The van der Waals surface area contributed by atoms with Crippen molar-refractivity contribution >= 4 is 52.6 Å². The van der Waals surface area contributed by atoms with E-state index >= 15 is 0 Å². The summed E-state index contributed by atoms with van der Waals surface area (Å²) in [6, 6.07) is 7.54. The molecule has 1 aliphatic rings. The Balaban J connectivity index is 1.79. The maximum atomic E-state index is 13.8. The molecule has 1 aromatic heterocycles. The fraction of sp³-hybridized carbons (Fsp3) is 0.310. The minimum Gasteiger partial charge on any atom is -0.490 e. The third kappa shape index (κ3) is 6.64. The Kier molecular flexibility index (Phi) is 10.3. The number of aromatic nitrogens is 1. The predicted molar refractivity (Wildman–Crippen MR) is 159 cm³/mol. The number of fused-ring (bicyclic) bond motifs is 1. The van der Waals surface area contributed by atoms with Crippen LogP contribution in [0.15, 0.2) is 51.9 Å². The van der Waals surface area contributed by atoms with E-state index in [4.69, 9.17) is 46.9 Å². The molecule has 42 heavy (non-hydrogen) atoms. The first-order valence-corrected chi connectivity index (χ1v) is 14.6. The summed E-state index contributed by atoms with van der Waals surface area (Å²) < 4.78 is 28.5. The Morgan fingerprint density at radius 3 is 2.33 bits per heavy atom. The number of thiazole rings is 1. The average Bonchev–Trinajstić information content (AvgIpc) is 3.27. The minimum absolute atomic E-state index is 0.119. The standard InChI is InChI=1S/C29H28Cl2N2O8S/c1-5-38-21-9-8-17(13-22(21)39-6-2)25-18(28(36)37-4)14-32-29-33(25)27(35)23(42-29)12-16-10-19(30)26(20(31)11-16)41-15-24(34)40-7-3/h8-14,25H,5-7,15H2,1-4H3/b23-12-/t25-/m1/s1. The van der Waals surface area contributed by atoms with Gasteiger partial charge in [0, 0.05) is 6.20 Å². The van der Waals surface area contributed by atoms with Crippen molar-refractivity contribution in [2.24, 2.45) is 4.99 Å². The van der Waals surface area contributed by atoms with Crippen LogP contribution in [0.5, 0.6) is 17.2 Å². The normalized spacial score (nSPS) is 14.4. The summed E-state index contributed by atoms with van der Waals surface area (Å²) in [5, 5.41) is 0.295. The number of halogens is 2. The van der Waals surface area contributed by atoms with Gasteiger partial charge in [0.15, 0.2) is 28.7 Å². The number of carbonyl (C=O) groups excluding carboxylic acids is 2. The van der Waals surface area contributed by atoms with Gasteiger partial charge in [-0.25, -0.2) is 14.6 Å².